The van der Waals surface area contributed by atoms with Crippen molar-refractivity contribution in [1.82, 2.24) is 4.98 Å². The zero-order valence-corrected chi connectivity index (χ0v) is 16.0. The number of pyridine rings is 1. The van der Waals surface area contributed by atoms with Crippen molar-refractivity contribution in [3.8, 4) is 0 Å². The summed E-state index contributed by atoms with van der Waals surface area (Å²) in [7, 11) is 1.42. The minimum Gasteiger partial charge on any atom is -0.465 e. The summed E-state index contributed by atoms with van der Waals surface area (Å²) in [6.07, 6.45) is 1.86. The Morgan fingerprint density at radius 3 is 2.67 bits per heavy atom. The zero-order chi connectivity index (χ0) is 19.2. The number of hydrogen-bond donors (Lipinski definition) is 0. The molecule has 0 amide bonds. The molecule has 27 heavy (non-hydrogen) atoms. The summed E-state index contributed by atoms with van der Waals surface area (Å²) in [4.78, 5) is 22.0. The lowest BCUT2D eigenvalue weighted by Crippen LogP contribution is -2.34. The number of hydrogen-bond acceptors (Lipinski definition) is 4. The second-order valence-corrected chi connectivity index (χ2v) is 7.51. The lowest BCUT2D eigenvalue weighted by Gasteiger charge is -2.36. The third-order valence-electron chi connectivity index (χ3n) is 5.52. The van der Waals surface area contributed by atoms with Crippen LogP contribution in [0.25, 0.3) is 10.9 Å². The van der Waals surface area contributed by atoms with E-state index in [0.717, 1.165) is 33.3 Å². The molecule has 0 N–H and O–H groups in total. The van der Waals surface area contributed by atoms with Gasteiger partial charge in [-0.1, -0.05) is 37.3 Å². The van der Waals surface area contributed by atoms with Gasteiger partial charge in [0, 0.05) is 28.6 Å². The Bertz CT molecular complexity index is 1080. The maximum absolute atomic E-state index is 12.4. The SMILES string of the molecule is COC(=O)c1cccc2c1C(C)C(C)(C)N=C2c1cnc2ccccc2c1. The van der Waals surface area contributed by atoms with Gasteiger partial charge in [-0.3, -0.25) is 9.98 Å². The van der Waals surface area contributed by atoms with E-state index in [2.05, 4.69) is 37.9 Å². The van der Waals surface area contributed by atoms with Crippen molar-refractivity contribution in [2.24, 2.45) is 4.99 Å². The molecule has 0 bridgehead atoms. The van der Waals surface area contributed by atoms with E-state index in [-0.39, 0.29) is 17.4 Å². The summed E-state index contributed by atoms with van der Waals surface area (Å²) >= 11 is 0. The Morgan fingerprint density at radius 1 is 1.11 bits per heavy atom. The van der Waals surface area contributed by atoms with Crippen molar-refractivity contribution in [1.29, 1.82) is 0 Å². The van der Waals surface area contributed by atoms with Crippen LogP contribution >= 0.6 is 0 Å². The van der Waals surface area contributed by atoms with Crippen LogP contribution in [0.15, 0.2) is 59.7 Å². The molecule has 0 radical (unpaired) electrons. The van der Waals surface area contributed by atoms with Gasteiger partial charge in [0.25, 0.3) is 0 Å². The molecule has 2 aromatic carbocycles. The number of fused-ring (bicyclic) bond motifs is 2. The van der Waals surface area contributed by atoms with E-state index in [9.17, 15) is 4.79 Å². The fourth-order valence-electron chi connectivity index (χ4n) is 3.75. The first-order valence-electron chi connectivity index (χ1n) is 9.09. The summed E-state index contributed by atoms with van der Waals surface area (Å²) in [5.41, 5.74) is 5.01. The number of para-hydroxylation sites is 1. The van der Waals surface area contributed by atoms with Crippen LogP contribution in [0, 0.1) is 0 Å². The quantitative estimate of drug-likeness (QED) is 0.621. The van der Waals surface area contributed by atoms with Crippen LogP contribution in [0.4, 0.5) is 0 Å². The van der Waals surface area contributed by atoms with Gasteiger partial charge in [0.05, 0.1) is 29.4 Å². The molecule has 0 fully saturated rings. The number of carbonyl (C=O) groups is 1. The standard InChI is InChI=1S/C23H22N2O2/c1-14-20-17(9-7-10-18(20)22(26)27-4)21(25-23(14,2)3)16-12-15-8-5-6-11-19(15)24-13-16/h5-14H,1-4H3. The average molecular weight is 358 g/mol. The number of esters is 1. The second-order valence-electron chi connectivity index (χ2n) is 7.51. The Labute approximate surface area is 158 Å². The molecule has 1 aliphatic heterocycles. The van der Waals surface area contributed by atoms with E-state index in [1.165, 1.54) is 7.11 Å². The topological polar surface area (TPSA) is 51.5 Å². The zero-order valence-electron chi connectivity index (χ0n) is 16.0. The van der Waals surface area contributed by atoms with Crippen LogP contribution < -0.4 is 0 Å². The van der Waals surface area contributed by atoms with Gasteiger partial charge in [0.1, 0.15) is 0 Å². The summed E-state index contributed by atoms with van der Waals surface area (Å²) < 4.78 is 5.03. The van der Waals surface area contributed by atoms with E-state index in [4.69, 9.17) is 9.73 Å². The van der Waals surface area contributed by atoms with Gasteiger partial charge in [-0.15, -0.1) is 0 Å². The first kappa shape index (κ1) is 17.4. The number of methoxy groups -OCH3 is 1. The largest absolute Gasteiger partial charge is 0.465 e. The van der Waals surface area contributed by atoms with Gasteiger partial charge in [-0.2, -0.15) is 0 Å². The van der Waals surface area contributed by atoms with Crippen LogP contribution in [0.2, 0.25) is 0 Å². The highest BCUT2D eigenvalue weighted by Crippen LogP contribution is 2.41. The van der Waals surface area contributed by atoms with Crippen LogP contribution in [0.1, 0.15) is 53.7 Å². The average Bonchev–Trinajstić information content (AvgIpc) is 2.69. The summed E-state index contributed by atoms with van der Waals surface area (Å²) in [6, 6.07) is 15.9. The van der Waals surface area contributed by atoms with E-state index in [1.54, 1.807) is 0 Å². The van der Waals surface area contributed by atoms with Crippen molar-refractivity contribution in [3.63, 3.8) is 0 Å². The number of carbonyl (C=O) groups excluding carboxylic acids is 1. The Morgan fingerprint density at radius 2 is 1.89 bits per heavy atom. The normalized spacial score (nSPS) is 17.9. The highest BCUT2D eigenvalue weighted by atomic mass is 16.5. The van der Waals surface area contributed by atoms with Gasteiger partial charge >= 0.3 is 5.97 Å². The monoisotopic (exact) mass is 358 g/mol. The Hall–Kier alpha value is -3.01. The van der Waals surface area contributed by atoms with Gasteiger partial charge < -0.3 is 4.74 Å². The van der Waals surface area contributed by atoms with Crippen LogP contribution in [-0.2, 0) is 4.74 Å². The van der Waals surface area contributed by atoms with Gasteiger partial charge in [0.15, 0.2) is 0 Å². The van der Waals surface area contributed by atoms with Crippen LogP contribution in [0.5, 0.6) is 0 Å². The molecule has 1 atom stereocenters. The number of ether oxygens (including phenoxy) is 1. The van der Waals surface area contributed by atoms with Crippen molar-refractivity contribution in [2.75, 3.05) is 7.11 Å². The molecule has 1 unspecified atom stereocenters. The lowest BCUT2D eigenvalue weighted by atomic mass is 9.75. The Kier molecular flexibility index (Phi) is 4.06. The molecule has 0 aliphatic carbocycles. The molecule has 1 aliphatic rings. The van der Waals surface area contributed by atoms with Crippen LogP contribution in [-0.4, -0.2) is 29.3 Å². The summed E-state index contributed by atoms with van der Waals surface area (Å²) in [5, 5.41) is 1.07. The molecule has 3 aromatic rings. The van der Waals surface area contributed by atoms with E-state index in [0.29, 0.717) is 5.56 Å². The number of rotatable bonds is 2. The maximum atomic E-state index is 12.4. The molecule has 2 heterocycles. The molecule has 136 valence electrons. The van der Waals surface area contributed by atoms with Crippen LogP contribution in [0.3, 0.4) is 0 Å². The smallest absolute Gasteiger partial charge is 0.338 e. The van der Waals surface area contributed by atoms with Crippen molar-refractivity contribution >= 4 is 22.6 Å². The van der Waals surface area contributed by atoms with Gasteiger partial charge in [0.2, 0.25) is 0 Å². The number of aliphatic imine (C=N–C) groups is 1. The molecular weight excluding hydrogens is 336 g/mol. The minimum atomic E-state index is -0.349. The fourth-order valence-corrected chi connectivity index (χ4v) is 3.75. The number of benzene rings is 2. The van der Waals surface area contributed by atoms with Gasteiger partial charge in [-0.05, 0) is 37.6 Å². The molecule has 4 nitrogen and oxygen atoms in total. The number of nitrogens with zero attached hydrogens (tertiary/aromatic N) is 2. The van der Waals surface area contributed by atoms with E-state index < -0.39 is 0 Å². The Balaban J connectivity index is 1.97. The minimum absolute atomic E-state index is 0.0833. The summed E-state index contributed by atoms with van der Waals surface area (Å²) in [5.74, 6) is -0.229. The van der Waals surface area contributed by atoms with E-state index >= 15 is 0 Å². The molecule has 0 saturated heterocycles. The first-order chi connectivity index (χ1) is 12.9. The molecule has 4 heteroatoms. The predicted molar refractivity (Wildman–Crippen MR) is 108 cm³/mol. The molecule has 0 spiro atoms. The predicted octanol–water partition coefficient (Wildman–Crippen LogP) is 4.75. The highest BCUT2D eigenvalue weighted by Gasteiger charge is 2.37. The molecular formula is C23H22N2O2. The lowest BCUT2D eigenvalue weighted by molar-refractivity contribution is 0.0598. The van der Waals surface area contributed by atoms with Crippen molar-refractivity contribution in [2.45, 2.75) is 32.2 Å². The van der Waals surface area contributed by atoms with Crippen molar-refractivity contribution in [3.05, 3.63) is 77.0 Å². The fraction of sp³-hybridized carbons (Fsp3) is 0.261. The molecule has 0 saturated carbocycles. The molecule has 4 rings (SSSR count). The number of aromatic nitrogens is 1. The van der Waals surface area contributed by atoms with Crippen molar-refractivity contribution < 1.29 is 9.53 Å². The third-order valence-corrected chi connectivity index (χ3v) is 5.52. The second kappa shape index (κ2) is 6.31. The maximum Gasteiger partial charge on any atom is 0.338 e. The van der Waals surface area contributed by atoms with Gasteiger partial charge in [-0.25, -0.2) is 4.79 Å². The molecule has 1 aromatic heterocycles. The highest BCUT2D eigenvalue weighted by molar-refractivity contribution is 6.16. The third kappa shape index (κ3) is 2.81. The first-order valence-corrected chi connectivity index (χ1v) is 9.09. The summed E-state index contributed by atoms with van der Waals surface area (Å²) in [6.45, 7) is 6.32. The van der Waals surface area contributed by atoms with E-state index in [1.807, 2.05) is 42.6 Å².